The van der Waals surface area contributed by atoms with E-state index in [2.05, 4.69) is 9.71 Å². The van der Waals surface area contributed by atoms with Crippen LogP contribution in [0.2, 0.25) is 0 Å². The number of hydrogen-bond donors (Lipinski definition) is 3. The number of sulfonamides is 1. The van der Waals surface area contributed by atoms with Crippen LogP contribution in [0.4, 0.5) is 4.39 Å². The summed E-state index contributed by atoms with van der Waals surface area (Å²) in [6.45, 7) is 0.0752. The molecule has 3 aromatic rings. The molecule has 9 heteroatoms. The number of hydrogen-bond acceptors (Lipinski definition) is 4. The Hall–Kier alpha value is -2.78. The number of H-pyrrole nitrogens is 2. The van der Waals surface area contributed by atoms with E-state index in [1.807, 2.05) is 4.98 Å². The summed E-state index contributed by atoms with van der Waals surface area (Å²) < 4.78 is 40.2. The molecule has 0 fully saturated rings. The van der Waals surface area contributed by atoms with Gasteiger partial charge in [0.15, 0.2) is 0 Å². The molecule has 2 aromatic carbocycles. The second-order valence-electron chi connectivity index (χ2n) is 5.39. The van der Waals surface area contributed by atoms with Gasteiger partial charge < -0.3 is 4.98 Å². The summed E-state index contributed by atoms with van der Waals surface area (Å²) in [5.74, 6) is -0.386. The number of nitrogens with one attached hydrogen (secondary N) is 3. The van der Waals surface area contributed by atoms with E-state index < -0.39 is 21.3 Å². The standard InChI is InChI=1S/C16H14FN3O4S/c17-11-3-1-2-10(8-11)6-7-18-25(23,24)12-4-5-14-13(9-12)15(21)20-16(22)19-14/h1-5,8-9,18H,6-7H2,(H2,19,20,21,22). The zero-order chi connectivity index (χ0) is 18.0. The van der Waals surface area contributed by atoms with E-state index in [1.165, 1.54) is 30.3 Å². The first-order valence-electron chi connectivity index (χ1n) is 7.36. The molecular weight excluding hydrogens is 349 g/mol. The van der Waals surface area contributed by atoms with Crippen molar-refractivity contribution in [2.45, 2.75) is 11.3 Å². The monoisotopic (exact) mass is 363 g/mol. The first-order chi connectivity index (χ1) is 11.8. The van der Waals surface area contributed by atoms with Crippen LogP contribution < -0.4 is 16.0 Å². The molecule has 7 nitrogen and oxygen atoms in total. The Morgan fingerprint density at radius 3 is 2.60 bits per heavy atom. The molecule has 0 bridgehead atoms. The lowest BCUT2D eigenvalue weighted by Gasteiger charge is -2.08. The molecule has 0 atom stereocenters. The summed E-state index contributed by atoms with van der Waals surface area (Å²) in [6, 6.07) is 9.73. The van der Waals surface area contributed by atoms with Crippen LogP contribution in [0.5, 0.6) is 0 Å². The van der Waals surface area contributed by atoms with Crippen molar-refractivity contribution < 1.29 is 12.8 Å². The van der Waals surface area contributed by atoms with Crippen LogP contribution in [-0.4, -0.2) is 24.9 Å². The molecule has 0 saturated carbocycles. The molecule has 0 aliphatic heterocycles. The highest BCUT2D eigenvalue weighted by Crippen LogP contribution is 2.14. The van der Waals surface area contributed by atoms with Gasteiger partial charge in [-0.15, -0.1) is 0 Å². The van der Waals surface area contributed by atoms with E-state index in [1.54, 1.807) is 12.1 Å². The molecule has 0 aliphatic rings. The highest BCUT2D eigenvalue weighted by atomic mass is 32.2. The van der Waals surface area contributed by atoms with Gasteiger partial charge in [-0.2, -0.15) is 0 Å². The van der Waals surface area contributed by atoms with Crippen LogP contribution in [0.1, 0.15) is 5.56 Å². The normalized spacial score (nSPS) is 11.7. The van der Waals surface area contributed by atoms with E-state index >= 15 is 0 Å². The fourth-order valence-corrected chi connectivity index (χ4v) is 3.47. The molecule has 3 N–H and O–H groups in total. The van der Waals surface area contributed by atoms with E-state index in [0.29, 0.717) is 12.0 Å². The molecule has 25 heavy (non-hydrogen) atoms. The van der Waals surface area contributed by atoms with Gasteiger partial charge in [-0.3, -0.25) is 9.78 Å². The molecule has 0 unspecified atom stereocenters. The van der Waals surface area contributed by atoms with Gasteiger partial charge >= 0.3 is 5.69 Å². The summed E-state index contributed by atoms with van der Waals surface area (Å²) in [6.07, 6.45) is 0.318. The number of fused-ring (bicyclic) bond motifs is 1. The van der Waals surface area contributed by atoms with Crippen molar-refractivity contribution in [1.29, 1.82) is 0 Å². The molecule has 0 spiro atoms. The van der Waals surface area contributed by atoms with Crippen molar-refractivity contribution in [2.24, 2.45) is 0 Å². The fraction of sp³-hybridized carbons (Fsp3) is 0.125. The minimum atomic E-state index is -3.85. The first-order valence-corrected chi connectivity index (χ1v) is 8.84. The van der Waals surface area contributed by atoms with Crippen molar-refractivity contribution in [3.05, 3.63) is 74.7 Å². The van der Waals surface area contributed by atoms with Crippen LogP contribution in [-0.2, 0) is 16.4 Å². The summed E-state index contributed by atoms with van der Waals surface area (Å²) in [5.41, 5.74) is -0.431. The van der Waals surface area contributed by atoms with Crippen molar-refractivity contribution in [3.63, 3.8) is 0 Å². The molecule has 0 saturated heterocycles. The van der Waals surface area contributed by atoms with Crippen molar-refractivity contribution >= 4 is 20.9 Å². The van der Waals surface area contributed by atoms with Gasteiger partial charge in [0.2, 0.25) is 10.0 Å². The van der Waals surface area contributed by atoms with Crippen LogP contribution in [0, 0.1) is 5.82 Å². The third kappa shape index (κ3) is 3.83. The van der Waals surface area contributed by atoms with Crippen LogP contribution in [0.25, 0.3) is 10.9 Å². The van der Waals surface area contributed by atoms with Crippen LogP contribution >= 0.6 is 0 Å². The summed E-state index contributed by atoms with van der Waals surface area (Å²) in [7, 11) is -3.85. The smallest absolute Gasteiger partial charge is 0.307 e. The lowest BCUT2D eigenvalue weighted by Crippen LogP contribution is -2.27. The van der Waals surface area contributed by atoms with Crippen molar-refractivity contribution in [2.75, 3.05) is 6.54 Å². The Balaban J connectivity index is 1.81. The fourth-order valence-electron chi connectivity index (χ4n) is 2.42. The van der Waals surface area contributed by atoms with E-state index in [-0.39, 0.29) is 28.2 Å². The average molecular weight is 363 g/mol. The van der Waals surface area contributed by atoms with Crippen molar-refractivity contribution in [1.82, 2.24) is 14.7 Å². The number of halogens is 1. The Labute approximate surface area is 141 Å². The number of rotatable bonds is 5. The topological polar surface area (TPSA) is 112 Å². The van der Waals surface area contributed by atoms with Gasteiger partial charge in [-0.25, -0.2) is 22.3 Å². The van der Waals surface area contributed by atoms with Gasteiger partial charge in [-0.1, -0.05) is 12.1 Å². The van der Waals surface area contributed by atoms with Gasteiger partial charge in [0.1, 0.15) is 5.82 Å². The zero-order valence-electron chi connectivity index (χ0n) is 12.9. The average Bonchev–Trinajstić information content (AvgIpc) is 2.54. The Kier molecular flexibility index (Phi) is 4.51. The predicted octanol–water partition coefficient (Wildman–Crippen LogP) is 0.877. The zero-order valence-corrected chi connectivity index (χ0v) is 13.7. The summed E-state index contributed by atoms with van der Waals surface area (Å²) >= 11 is 0. The number of benzene rings is 2. The van der Waals surface area contributed by atoms with Crippen LogP contribution in [0.15, 0.2) is 56.9 Å². The maximum absolute atomic E-state index is 13.1. The molecule has 0 radical (unpaired) electrons. The minimum Gasteiger partial charge on any atom is -0.307 e. The SMILES string of the molecule is O=c1[nH]c(=O)c2cc(S(=O)(=O)NCCc3cccc(F)c3)ccc2[nH]1. The maximum atomic E-state index is 13.1. The third-order valence-corrected chi connectivity index (χ3v) is 5.07. The summed E-state index contributed by atoms with van der Waals surface area (Å²) in [5, 5.41) is 0.0626. The summed E-state index contributed by atoms with van der Waals surface area (Å²) in [4.78, 5) is 27.4. The molecular formula is C16H14FN3O4S. The van der Waals surface area contributed by atoms with Crippen LogP contribution in [0.3, 0.4) is 0 Å². The molecule has 130 valence electrons. The van der Waals surface area contributed by atoms with E-state index in [4.69, 9.17) is 0 Å². The highest BCUT2D eigenvalue weighted by molar-refractivity contribution is 7.89. The predicted molar refractivity (Wildman–Crippen MR) is 90.5 cm³/mol. The second kappa shape index (κ2) is 6.61. The Morgan fingerprint density at radius 2 is 1.84 bits per heavy atom. The van der Waals surface area contributed by atoms with E-state index in [0.717, 1.165) is 0 Å². The third-order valence-electron chi connectivity index (χ3n) is 3.62. The Bertz CT molecular complexity index is 1150. The largest absolute Gasteiger partial charge is 0.326 e. The number of aromatic amines is 2. The molecule has 1 aromatic heterocycles. The van der Waals surface area contributed by atoms with Gasteiger partial charge in [0.05, 0.1) is 15.8 Å². The Morgan fingerprint density at radius 1 is 1.04 bits per heavy atom. The minimum absolute atomic E-state index is 0.0626. The lowest BCUT2D eigenvalue weighted by molar-refractivity contribution is 0.581. The highest BCUT2D eigenvalue weighted by Gasteiger charge is 2.15. The number of aromatic nitrogens is 2. The lowest BCUT2D eigenvalue weighted by atomic mass is 10.1. The molecule has 0 amide bonds. The maximum Gasteiger partial charge on any atom is 0.326 e. The molecule has 1 heterocycles. The quantitative estimate of drug-likeness (QED) is 0.624. The first kappa shape index (κ1) is 17.1. The molecule has 0 aliphatic carbocycles. The van der Waals surface area contributed by atoms with Crippen molar-refractivity contribution in [3.8, 4) is 0 Å². The van der Waals surface area contributed by atoms with Gasteiger partial charge in [0.25, 0.3) is 5.56 Å². The van der Waals surface area contributed by atoms with Gasteiger partial charge in [0, 0.05) is 6.54 Å². The molecule has 3 rings (SSSR count). The van der Waals surface area contributed by atoms with E-state index in [9.17, 15) is 22.4 Å². The second-order valence-corrected chi connectivity index (χ2v) is 7.16. The van der Waals surface area contributed by atoms with Gasteiger partial charge in [-0.05, 0) is 42.3 Å².